The van der Waals surface area contributed by atoms with Crippen LogP contribution < -0.4 is 9.73 Å². The maximum atomic E-state index is 13.0. The van der Waals surface area contributed by atoms with Crippen LogP contribution in [0.15, 0.2) is 23.3 Å². The highest BCUT2D eigenvalue weighted by molar-refractivity contribution is 7.92. The van der Waals surface area contributed by atoms with Crippen LogP contribution in [0.5, 0.6) is 0 Å². The topological polar surface area (TPSA) is 78.8 Å². The van der Waals surface area contributed by atoms with Gasteiger partial charge in [0, 0.05) is 5.71 Å². The maximum absolute atomic E-state index is 13.0. The number of amides is 1. The van der Waals surface area contributed by atoms with Gasteiger partial charge in [-0.05, 0) is 43.9 Å². The summed E-state index contributed by atoms with van der Waals surface area (Å²) in [4.78, 5) is 12.1. The van der Waals surface area contributed by atoms with Crippen LogP contribution in [0, 0.1) is 0 Å². The van der Waals surface area contributed by atoms with Gasteiger partial charge in [-0.2, -0.15) is 18.3 Å². The molecule has 1 aliphatic rings. The van der Waals surface area contributed by atoms with E-state index in [-0.39, 0.29) is 5.69 Å². The minimum absolute atomic E-state index is 0.310. The van der Waals surface area contributed by atoms with Crippen molar-refractivity contribution in [1.82, 2.24) is 5.43 Å². The molecule has 0 unspecified atom stereocenters. The second-order valence-corrected chi connectivity index (χ2v) is 8.52. The van der Waals surface area contributed by atoms with Gasteiger partial charge in [-0.25, -0.2) is 13.8 Å². The zero-order chi connectivity index (χ0) is 20.2. The average Bonchev–Trinajstić information content (AvgIpc) is 2.57. The number of nitrogens with zero attached hydrogens (tertiary/aromatic N) is 2. The monoisotopic (exact) mass is 425 g/mol. The number of hydrogen-bond donors (Lipinski definition) is 1. The lowest BCUT2D eigenvalue weighted by Crippen LogP contribution is -2.39. The van der Waals surface area contributed by atoms with Crippen molar-refractivity contribution < 1.29 is 26.4 Å². The lowest BCUT2D eigenvalue weighted by Gasteiger charge is -2.23. The number of rotatable bonds is 5. The second kappa shape index (κ2) is 8.47. The van der Waals surface area contributed by atoms with Crippen molar-refractivity contribution in [3.8, 4) is 0 Å². The number of nitrogens with one attached hydrogen (secondary N) is 1. The van der Waals surface area contributed by atoms with Crippen LogP contribution in [0.1, 0.15) is 37.7 Å². The summed E-state index contributed by atoms with van der Waals surface area (Å²) in [6, 6.07) is 2.65. The molecule has 1 aromatic rings. The smallest absolute Gasteiger partial charge is 0.271 e. The Morgan fingerprint density at radius 2 is 1.89 bits per heavy atom. The van der Waals surface area contributed by atoms with Crippen molar-refractivity contribution in [2.75, 3.05) is 17.1 Å². The number of halogens is 4. The molecule has 1 fully saturated rings. The highest BCUT2D eigenvalue weighted by atomic mass is 35.5. The van der Waals surface area contributed by atoms with Gasteiger partial charge in [0.15, 0.2) is 0 Å². The first-order valence-corrected chi connectivity index (χ1v) is 10.4. The number of carbonyl (C=O) groups is 1. The Kier molecular flexibility index (Phi) is 6.74. The molecule has 0 heterocycles. The Morgan fingerprint density at radius 3 is 2.44 bits per heavy atom. The number of hydrogen-bond acceptors (Lipinski definition) is 4. The molecule has 2 rings (SSSR count). The minimum Gasteiger partial charge on any atom is -0.271 e. The quantitative estimate of drug-likeness (QED) is 0.732. The summed E-state index contributed by atoms with van der Waals surface area (Å²) >= 11 is 5.56. The van der Waals surface area contributed by atoms with Gasteiger partial charge in [0.1, 0.15) is 6.54 Å². The normalized spacial score (nSPS) is 15.4. The SMILES string of the molecule is CS(=O)(=O)N(CC(=O)NN=C1CCCCC1)c1ccc(Cl)c(C(F)(F)F)c1. The van der Waals surface area contributed by atoms with Crippen LogP contribution in [0.4, 0.5) is 18.9 Å². The van der Waals surface area contributed by atoms with Gasteiger partial charge in [0.25, 0.3) is 5.91 Å². The molecule has 1 aliphatic carbocycles. The molecule has 0 aromatic heterocycles. The van der Waals surface area contributed by atoms with Crippen LogP contribution in [0.25, 0.3) is 0 Å². The largest absolute Gasteiger partial charge is 0.417 e. The molecule has 0 radical (unpaired) electrons. The molecule has 0 atom stereocenters. The lowest BCUT2D eigenvalue weighted by atomic mass is 9.99. The number of hydrazone groups is 1. The standard InChI is InChI=1S/C16H19ClF3N3O3S/c1-27(25,26)23(10-15(24)22-21-11-5-3-2-4-6-11)12-7-8-14(17)13(9-12)16(18,19)20/h7-9H,2-6,10H2,1H3,(H,22,24). The van der Waals surface area contributed by atoms with E-state index in [0.717, 1.165) is 56.2 Å². The van der Waals surface area contributed by atoms with Crippen molar-refractivity contribution in [3.63, 3.8) is 0 Å². The van der Waals surface area contributed by atoms with Crippen molar-refractivity contribution in [2.45, 2.75) is 38.3 Å². The first-order valence-electron chi connectivity index (χ1n) is 8.17. The number of benzene rings is 1. The zero-order valence-electron chi connectivity index (χ0n) is 14.5. The summed E-state index contributed by atoms with van der Waals surface area (Å²) in [5.41, 5.74) is 1.59. The molecule has 0 spiro atoms. The van der Waals surface area contributed by atoms with Gasteiger partial charge in [-0.15, -0.1) is 0 Å². The van der Waals surface area contributed by atoms with E-state index in [2.05, 4.69) is 10.5 Å². The second-order valence-electron chi connectivity index (χ2n) is 6.21. The predicted molar refractivity (Wildman–Crippen MR) is 97.3 cm³/mol. The molecule has 0 aliphatic heterocycles. The summed E-state index contributed by atoms with van der Waals surface area (Å²) in [6.07, 6.45) is 0.572. The molecule has 27 heavy (non-hydrogen) atoms. The van der Waals surface area contributed by atoms with E-state index in [1.165, 1.54) is 0 Å². The number of anilines is 1. The van der Waals surface area contributed by atoms with Crippen molar-refractivity contribution in [1.29, 1.82) is 0 Å². The first-order chi connectivity index (χ1) is 12.5. The van der Waals surface area contributed by atoms with Crippen molar-refractivity contribution in [3.05, 3.63) is 28.8 Å². The van der Waals surface area contributed by atoms with Gasteiger partial charge < -0.3 is 0 Å². The van der Waals surface area contributed by atoms with E-state index < -0.39 is 39.2 Å². The van der Waals surface area contributed by atoms with E-state index in [1.54, 1.807) is 0 Å². The lowest BCUT2D eigenvalue weighted by molar-refractivity contribution is -0.137. The van der Waals surface area contributed by atoms with Gasteiger partial charge in [-0.1, -0.05) is 18.0 Å². The zero-order valence-corrected chi connectivity index (χ0v) is 16.1. The van der Waals surface area contributed by atoms with Crippen LogP contribution in [-0.2, 0) is 21.0 Å². The summed E-state index contributed by atoms with van der Waals surface area (Å²) in [5, 5.41) is 3.42. The van der Waals surface area contributed by atoms with Crippen molar-refractivity contribution >= 4 is 38.9 Å². The van der Waals surface area contributed by atoms with E-state index in [1.807, 2.05) is 0 Å². The fourth-order valence-electron chi connectivity index (χ4n) is 2.66. The molecule has 1 amide bonds. The Hall–Kier alpha value is -1.81. The fourth-order valence-corrected chi connectivity index (χ4v) is 3.74. The molecular weight excluding hydrogens is 407 g/mol. The highest BCUT2D eigenvalue weighted by Crippen LogP contribution is 2.37. The number of alkyl halides is 3. The molecular formula is C16H19ClF3N3O3S. The fraction of sp³-hybridized carbons (Fsp3) is 0.500. The van der Waals surface area contributed by atoms with Gasteiger partial charge >= 0.3 is 6.18 Å². The maximum Gasteiger partial charge on any atom is 0.417 e. The Bertz CT molecular complexity index is 833. The molecule has 1 saturated carbocycles. The van der Waals surface area contributed by atoms with Crippen molar-refractivity contribution in [2.24, 2.45) is 5.10 Å². The van der Waals surface area contributed by atoms with Crippen LogP contribution >= 0.6 is 11.6 Å². The minimum atomic E-state index is -4.76. The van der Waals surface area contributed by atoms with Crippen LogP contribution in [0.3, 0.4) is 0 Å². The van der Waals surface area contributed by atoms with E-state index in [4.69, 9.17) is 11.6 Å². The van der Waals surface area contributed by atoms with Gasteiger partial charge in [0.05, 0.1) is 22.5 Å². The van der Waals surface area contributed by atoms with Gasteiger partial charge in [-0.3, -0.25) is 9.10 Å². The first kappa shape index (κ1) is 21.5. The molecule has 1 aromatic carbocycles. The summed E-state index contributed by atoms with van der Waals surface area (Å²) < 4.78 is 63.7. The van der Waals surface area contributed by atoms with Crippen LogP contribution in [0.2, 0.25) is 5.02 Å². The molecule has 0 saturated heterocycles. The Labute approximate surface area is 160 Å². The molecule has 1 N–H and O–H groups in total. The molecule has 6 nitrogen and oxygen atoms in total. The molecule has 0 bridgehead atoms. The van der Waals surface area contributed by atoms with E-state index in [0.29, 0.717) is 10.4 Å². The summed E-state index contributed by atoms with van der Waals surface area (Å²) in [5.74, 6) is -0.748. The van der Waals surface area contributed by atoms with Gasteiger partial charge in [0.2, 0.25) is 10.0 Å². The Balaban J connectivity index is 2.22. The molecule has 150 valence electrons. The predicted octanol–water partition coefficient (Wildman–Crippen LogP) is 3.56. The van der Waals surface area contributed by atoms with E-state index >= 15 is 0 Å². The third-order valence-corrected chi connectivity index (χ3v) is 5.47. The third kappa shape index (κ3) is 6.10. The average molecular weight is 426 g/mol. The molecule has 11 heteroatoms. The highest BCUT2D eigenvalue weighted by Gasteiger charge is 2.34. The van der Waals surface area contributed by atoms with Crippen LogP contribution in [-0.4, -0.2) is 32.8 Å². The Morgan fingerprint density at radius 1 is 1.26 bits per heavy atom. The van der Waals surface area contributed by atoms with E-state index in [9.17, 15) is 26.4 Å². The number of sulfonamides is 1. The summed E-state index contributed by atoms with van der Waals surface area (Å²) in [7, 11) is -4.02. The summed E-state index contributed by atoms with van der Waals surface area (Å²) in [6.45, 7) is -0.700. The third-order valence-electron chi connectivity index (χ3n) is 4.00. The number of carbonyl (C=O) groups excluding carboxylic acids is 1.